The number of hydrogen-bond acceptors (Lipinski definition) is 8. The zero-order valence-corrected chi connectivity index (χ0v) is 21.2. The van der Waals surface area contributed by atoms with Crippen LogP contribution in [0.25, 0.3) is 22.8 Å². The summed E-state index contributed by atoms with van der Waals surface area (Å²) < 4.78 is 39.5. The Balaban J connectivity index is 1.35. The molecule has 1 N–H and O–H groups in total. The van der Waals surface area contributed by atoms with Crippen molar-refractivity contribution in [3.8, 4) is 34.7 Å². The quantitative estimate of drug-likeness (QED) is 0.466. The largest absolute Gasteiger partial charge is 0.490 e. The fourth-order valence-corrected chi connectivity index (χ4v) is 5.97. The fraction of sp³-hybridized carbons (Fsp3) is 0.423. The van der Waals surface area contributed by atoms with Crippen molar-refractivity contribution in [1.82, 2.24) is 19.8 Å². The molecular weight excluding hydrogens is 478 g/mol. The molecule has 2 aliphatic rings. The first kappa shape index (κ1) is 24.4. The van der Waals surface area contributed by atoms with Gasteiger partial charge in [-0.25, -0.2) is 13.1 Å². The van der Waals surface area contributed by atoms with Crippen molar-refractivity contribution in [2.24, 2.45) is 0 Å². The second-order valence-electron chi connectivity index (χ2n) is 9.51. The van der Waals surface area contributed by atoms with Crippen molar-refractivity contribution >= 4 is 10.0 Å². The summed E-state index contributed by atoms with van der Waals surface area (Å²) >= 11 is 0. The Morgan fingerprint density at radius 2 is 2.11 bits per heavy atom. The molecule has 0 unspecified atom stereocenters. The average Bonchev–Trinajstić information content (AvgIpc) is 3.45. The second-order valence-corrected chi connectivity index (χ2v) is 11.4. The summed E-state index contributed by atoms with van der Waals surface area (Å²) in [6.07, 6.45) is 2.49. The maximum Gasteiger partial charge on any atom is 0.258 e. The molecule has 0 saturated carbocycles. The van der Waals surface area contributed by atoms with Gasteiger partial charge in [-0.05, 0) is 75.5 Å². The maximum absolute atomic E-state index is 12.7. The van der Waals surface area contributed by atoms with Gasteiger partial charge in [0.1, 0.15) is 11.8 Å². The molecule has 1 aliphatic heterocycles. The van der Waals surface area contributed by atoms with E-state index in [1.165, 1.54) is 0 Å². The van der Waals surface area contributed by atoms with E-state index >= 15 is 0 Å². The van der Waals surface area contributed by atoms with Gasteiger partial charge in [0.05, 0.1) is 17.4 Å². The lowest BCUT2D eigenvalue weighted by Crippen LogP contribution is -2.42. The Labute approximate surface area is 211 Å². The fourth-order valence-electron chi connectivity index (χ4n) is 4.67. The lowest BCUT2D eigenvalue weighted by Gasteiger charge is -2.30. The molecule has 0 amide bonds. The summed E-state index contributed by atoms with van der Waals surface area (Å²) in [4.78, 5) is 6.74. The van der Waals surface area contributed by atoms with Crippen LogP contribution in [0.4, 0.5) is 0 Å². The number of nitrogens with zero attached hydrogens (tertiary/aromatic N) is 4. The minimum atomic E-state index is -3.38. The summed E-state index contributed by atoms with van der Waals surface area (Å²) in [6.45, 7) is 6.33. The Kier molecular flexibility index (Phi) is 6.79. The van der Waals surface area contributed by atoms with Gasteiger partial charge in [0.2, 0.25) is 15.8 Å². The minimum Gasteiger partial charge on any atom is -0.490 e. The van der Waals surface area contributed by atoms with E-state index in [1.54, 1.807) is 18.2 Å². The Morgan fingerprint density at radius 3 is 2.83 bits per heavy atom. The van der Waals surface area contributed by atoms with Gasteiger partial charge >= 0.3 is 0 Å². The van der Waals surface area contributed by atoms with Crippen molar-refractivity contribution in [3.05, 3.63) is 53.1 Å². The number of hydrogen-bond donors (Lipinski definition) is 1. The van der Waals surface area contributed by atoms with Crippen LogP contribution < -0.4 is 9.46 Å². The molecule has 0 bridgehead atoms. The summed E-state index contributed by atoms with van der Waals surface area (Å²) in [5, 5.41) is 13.7. The highest BCUT2D eigenvalue weighted by Crippen LogP contribution is 2.38. The predicted molar refractivity (Wildman–Crippen MR) is 135 cm³/mol. The van der Waals surface area contributed by atoms with Gasteiger partial charge in [0.15, 0.2) is 0 Å². The number of benzene rings is 2. The van der Waals surface area contributed by atoms with Crippen LogP contribution in [0.3, 0.4) is 0 Å². The SMILES string of the molecule is CC(C)Oc1ccc(-c2nc(-c3cccc4c3CC[C@H]4NS(=O)(=O)CCN3CCC3)no2)cc1C#N. The molecule has 36 heavy (non-hydrogen) atoms. The van der Waals surface area contributed by atoms with E-state index < -0.39 is 10.0 Å². The molecule has 1 aliphatic carbocycles. The van der Waals surface area contributed by atoms with Gasteiger partial charge in [-0.2, -0.15) is 10.2 Å². The molecule has 5 rings (SSSR count). The van der Waals surface area contributed by atoms with Crippen LogP contribution in [0.15, 0.2) is 40.9 Å². The predicted octanol–water partition coefficient (Wildman–Crippen LogP) is 3.67. The summed E-state index contributed by atoms with van der Waals surface area (Å²) in [6, 6.07) is 12.9. The van der Waals surface area contributed by atoms with Crippen LogP contribution in [-0.4, -0.2) is 54.9 Å². The van der Waals surface area contributed by atoms with E-state index in [9.17, 15) is 13.7 Å². The summed E-state index contributed by atoms with van der Waals surface area (Å²) in [7, 11) is -3.38. The third-order valence-corrected chi connectivity index (χ3v) is 7.96. The van der Waals surface area contributed by atoms with Gasteiger partial charge in [-0.15, -0.1) is 0 Å². The standard InChI is InChI=1S/C26H29N5O4S/c1-17(2)34-24-10-7-18(15-19(24)16-27)26-28-25(29-35-26)22-6-3-5-21-20(22)8-9-23(21)30-36(32,33)14-13-31-11-4-12-31/h3,5-7,10,15,17,23,30H,4,8-9,11-14H2,1-2H3/t23-/m1/s1. The zero-order chi connectivity index (χ0) is 25.3. The first-order valence-electron chi connectivity index (χ1n) is 12.2. The van der Waals surface area contributed by atoms with Gasteiger partial charge in [-0.1, -0.05) is 23.4 Å². The highest BCUT2D eigenvalue weighted by atomic mass is 32.2. The topological polar surface area (TPSA) is 121 Å². The first-order chi connectivity index (χ1) is 17.3. The van der Waals surface area contributed by atoms with Crippen LogP contribution in [0.5, 0.6) is 5.75 Å². The van der Waals surface area contributed by atoms with Crippen molar-refractivity contribution in [3.63, 3.8) is 0 Å². The van der Waals surface area contributed by atoms with Gasteiger partial charge < -0.3 is 14.2 Å². The number of sulfonamides is 1. The third-order valence-electron chi connectivity index (χ3n) is 6.59. The van der Waals surface area contributed by atoms with Crippen LogP contribution in [-0.2, 0) is 16.4 Å². The minimum absolute atomic E-state index is 0.0491. The summed E-state index contributed by atoms with van der Waals surface area (Å²) in [5.41, 5.74) is 3.82. The first-order valence-corrected chi connectivity index (χ1v) is 13.9. The molecule has 1 aromatic heterocycles. The zero-order valence-electron chi connectivity index (χ0n) is 20.4. The normalized spacial score (nSPS) is 17.6. The Morgan fingerprint density at radius 1 is 1.28 bits per heavy atom. The number of ether oxygens (including phenoxy) is 1. The molecule has 188 valence electrons. The molecule has 1 saturated heterocycles. The number of nitriles is 1. The van der Waals surface area contributed by atoms with Crippen LogP contribution in [0.1, 0.15) is 49.4 Å². The highest BCUT2D eigenvalue weighted by Gasteiger charge is 2.30. The summed E-state index contributed by atoms with van der Waals surface area (Å²) in [5.74, 6) is 1.36. The van der Waals surface area contributed by atoms with E-state index in [1.807, 2.05) is 32.0 Å². The van der Waals surface area contributed by atoms with Gasteiger partial charge in [0.25, 0.3) is 5.89 Å². The monoisotopic (exact) mass is 507 g/mol. The van der Waals surface area contributed by atoms with Crippen molar-refractivity contribution in [1.29, 1.82) is 5.26 Å². The van der Waals surface area contributed by atoms with Gasteiger partial charge in [0, 0.05) is 23.7 Å². The van der Waals surface area contributed by atoms with E-state index in [2.05, 4.69) is 25.8 Å². The smallest absolute Gasteiger partial charge is 0.258 e. The molecule has 1 fully saturated rings. The third kappa shape index (κ3) is 5.14. The number of likely N-dealkylation sites (tertiary alicyclic amines) is 1. The van der Waals surface area contributed by atoms with Crippen LogP contribution >= 0.6 is 0 Å². The molecule has 3 aromatic rings. The van der Waals surface area contributed by atoms with Gasteiger partial charge in [-0.3, -0.25) is 0 Å². The molecule has 1 atom stereocenters. The van der Waals surface area contributed by atoms with Crippen LogP contribution in [0.2, 0.25) is 0 Å². The van der Waals surface area contributed by atoms with Crippen molar-refractivity contribution < 1.29 is 17.7 Å². The van der Waals surface area contributed by atoms with E-state index in [-0.39, 0.29) is 17.9 Å². The number of aromatic nitrogens is 2. The van der Waals surface area contributed by atoms with Crippen LogP contribution in [0, 0.1) is 11.3 Å². The van der Waals surface area contributed by atoms with Crippen molar-refractivity contribution in [2.75, 3.05) is 25.4 Å². The lowest BCUT2D eigenvalue weighted by atomic mass is 10.0. The molecule has 0 radical (unpaired) electrons. The lowest BCUT2D eigenvalue weighted by molar-refractivity contribution is 0.193. The molecule has 9 nitrogen and oxygen atoms in total. The molecule has 10 heteroatoms. The molecule has 2 heterocycles. The van der Waals surface area contributed by atoms with E-state index in [0.29, 0.717) is 48.0 Å². The number of fused-ring (bicyclic) bond motifs is 1. The molecule has 0 spiro atoms. The number of rotatable bonds is 9. The van der Waals surface area contributed by atoms with E-state index in [4.69, 9.17) is 9.26 Å². The molecule has 2 aromatic carbocycles. The number of nitrogens with one attached hydrogen (secondary N) is 1. The van der Waals surface area contributed by atoms with E-state index in [0.717, 1.165) is 36.2 Å². The maximum atomic E-state index is 12.7. The average molecular weight is 508 g/mol. The Bertz CT molecular complexity index is 1410. The second kappa shape index (κ2) is 10.0. The highest BCUT2D eigenvalue weighted by molar-refractivity contribution is 7.89. The van der Waals surface area contributed by atoms with Crippen molar-refractivity contribution in [2.45, 2.75) is 45.3 Å². The Hall–Kier alpha value is -3.26. The molecular formula is C26H29N5O4S.